The van der Waals surface area contributed by atoms with Gasteiger partial charge in [-0.05, 0) is 42.8 Å². The Kier molecular flexibility index (Phi) is 5.00. The first-order valence-electron chi connectivity index (χ1n) is 6.20. The Morgan fingerprint density at radius 2 is 1.68 bits per heavy atom. The number of amides is 2. The van der Waals surface area contributed by atoms with Crippen LogP contribution in [-0.2, 0) is 0 Å². The van der Waals surface area contributed by atoms with E-state index in [4.69, 9.17) is 23.2 Å². The van der Waals surface area contributed by atoms with Crippen molar-refractivity contribution in [2.45, 2.75) is 6.92 Å². The maximum Gasteiger partial charge on any atom is 0.271 e. The van der Waals surface area contributed by atoms with E-state index in [1.807, 2.05) is 0 Å². The number of aryl methyl sites for hydroxylation is 1. The van der Waals surface area contributed by atoms with Gasteiger partial charge in [0.1, 0.15) is 5.82 Å². The van der Waals surface area contributed by atoms with E-state index in [2.05, 4.69) is 10.9 Å². The number of nitrogens with one attached hydrogen (secondary N) is 2. The van der Waals surface area contributed by atoms with Crippen LogP contribution in [0, 0.1) is 12.7 Å². The Hall–Kier alpha value is -2.11. The maximum atomic E-state index is 13.4. The van der Waals surface area contributed by atoms with Crippen LogP contribution in [-0.4, -0.2) is 11.8 Å². The molecular weight excluding hydrogens is 330 g/mol. The molecule has 2 amide bonds. The summed E-state index contributed by atoms with van der Waals surface area (Å²) in [5, 5.41) is 0.527. The van der Waals surface area contributed by atoms with Gasteiger partial charge in [-0.1, -0.05) is 29.3 Å². The minimum atomic E-state index is -0.648. The summed E-state index contributed by atoms with van der Waals surface area (Å²) in [7, 11) is 0. The Morgan fingerprint density at radius 1 is 1.00 bits per heavy atom. The van der Waals surface area contributed by atoms with Crippen LogP contribution in [0.2, 0.25) is 10.0 Å². The van der Waals surface area contributed by atoms with Gasteiger partial charge in [0.05, 0.1) is 10.6 Å². The molecule has 4 nitrogen and oxygen atoms in total. The molecule has 0 atom stereocenters. The standard InChI is InChI=1S/C15H11Cl2FN2O2/c1-8-2-3-9(6-13(8)18)14(21)19-20-15(22)11-7-10(16)4-5-12(11)17/h2-7H,1H3,(H,19,21)(H,20,22). The summed E-state index contributed by atoms with van der Waals surface area (Å²) in [5.74, 6) is -1.78. The second-order valence-electron chi connectivity index (χ2n) is 4.50. The van der Waals surface area contributed by atoms with Crippen LogP contribution >= 0.6 is 23.2 Å². The molecule has 2 aromatic carbocycles. The summed E-state index contributed by atoms with van der Waals surface area (Å²) >= 11 is 11.7. The number of hydrogen-bond donors (Lipinski definition) is 2. The summed E-state index contributed by atoms with van der Waals surface area (Å²) in [5.41, 5.74) is 5.00. The van der Waals surface area contributed by atoms with E-state index in [9.17, 15) is 14.0 Å². The second-order valence-corrected chi connectivity index (χ2v) is 5.34. The van der Waals surface area contributed by atoms with Gasteiger partial charge < -0.3 is 0 Å². The normalized spacial score (nSPS) is 10.2. The SMILES string of the molecule is Cc1ccc(C(=O)NNC(=O)c2cc(Cl)ccc2Cl)cc1F. The molecule has 2 N–H and O–H groups in total. The highest BCUT2D eigenvalue weighted by atomic mass is 35.5. The third-order valence-corrected chi connectivity index (χ3v) is 3.46. The molecule has 0 spiro atoms. The van der Waals surface area contributed by atoms with Crippen LogP contribution < -0.4 is 10.9 Å². The van der Waals surface area contributed by atoms with Gasteiger partial charge in [0, 0.05) is 10.6 Å². The van der Waals surface area contributed by atoms with Gasteiger partial charge in [-0.25, -0.2) is 4.39 Å². The van der Waals surface area contributed by atoms with E-state index >= 15 is 0 Å². The highest BCUT2D eigenvalue weighted by Gasteiger charge is 2.13. The molecule has 0 fully saturated rings. The molecule has 7 heteroatoms. The monoisotopic (exact) mass is 340 g/mol. The molecule has 0 aliphatic rings. The fourth-order valence-corrected chi connectivity index (χ4v) is 2.03. The predicted octanol–water partition coefficient (Wildman–Crippen LogP) is 3.52. The molecule has 0 bridgehead atoms. The van der Waals surface area contributed by atoms with Crippen molar-refractivity contribution in [1.82, 2.24) is 10.9 Å². The van der Waals surface area contributed by atoms with Crippen molar-refractivity contribution in [3.63, 3.8) is 0 Å². The topological polar surface area (TPSA) is 58.2 Å². The number of hydrazine groups is 1. The van der Waals surface area contributed by atoms with Crippen LogP contribution in [0.25, 0.3) is 0 Å². The zero-order valence-corrected chi connectivity index (χ0v) is 12.9. The Labute approximate surface area is 136 Å². The van der Waals surface area contributed by atoms with Gasteiger partial charge in [-0.2, -0.15) is 0 Å². The third kappa shape index (κ3) is 3.75. The smallest absolute Gasteiger partial charge is 0.267 e. The number of carbonyl (C=O) groups is 2. The van der Waals surface area contributed by atoms with Crippen molar-refractivity contribution in [3.05, 3.63) is 69.0 Å². The minimum absolute atomic E-state index is 0.0839. The second kappa shape index (κ2) is 6.77. The average molecular weight is 341 g/mol. The third-order valence-electron chi connectivity index (χ3n) is 2.90. The molecule has 0 aromatic heterocycles. The van der Waals surface area contributed by atoms with Crippen molar-refractivity contribution in [2.24, 2.45) is 0 Å². The average Bonchev–Trinajstić information content (AvgIpc) is 2.49. The van der Waals surface area contributed by atoms with E-state index in [-0.39, 0.29) is 16.1 Å². The lowest BCUT2D eigenvalue weighted by molar-refractivity contribution is 0.0846. The van der Waals surface area contributed by atoms with Gasteiger partial charge in [0.25, 0.3) is 11.8 Å². The van der Waals surface area contributed by atoms with Crippen LogP contribution in [0.5, 0.6) is 0 Å². The molecular formula is C15H11Cl2FN2O2. The van der Waals surface area contributed by atoms with Crippen LogP contribution in [0.1, 0.15) is 26.3 Å². The van der Waals surface area contributed by atoms with E-state index < -0.39 is 17.6 Å². The molecule has 0 heterocycles. The summed E-state index contributed by atoms with van der Waals surface area (Å²) in [6.45, 7) is 1.58. The van der Waals surface area contributed by atoms with E-state index in [1.165, 1.54) is 30.3 Å². The number of benzene rings is 2. The molecule has 0 aliphatic carbocycles. The van der Waals surface area contributed by atoms with Crippen molar-refractivity contribution >= 4 is 35.0 Å². The highest BCUT2D eigenvalue weighted by Crippen LogP contribution is 2.20. The predicted molar refractivity (Wildman–Crippen MR) is 82.5 cm³/mol. The Balaban J connectivity index is 2.05. The first-order chi connectivity index (χ1) is 10.4. The van der Waals surface area contributed by atoms with Crippen LogP contribution in [0.4, 0.5) is 4.39 Å². The van der Waals surface area contributed by atoms with Gasteiger partial charge >= 0.3 is 0 Å². The van der Waals surface area contributed by atoms with Crippen LogP contribution in [0.3, 0.4) is 0 Å². The minimum Gasteiger partial charge on any atom is -0.267 e. The molecule has 114 valence electrons. The van der Waals surface area contributed by atoms with Gasteiger partial charge in [0.2, 0.25) is 0 Å². The molecule has 2 rings (SSSR count). The van der Waals surface area contributed by atoms with Gasteiger partial charge in [-0.3, -0.25) is 20.4 Å². The molecule has 2 aromatic rings. The van der Waals surface area contributed by atoms with Gasteiger partial charge in [0.15, 0.2) is 0 Å². The lowest BCUT2D eigenvalue weighted by atomic mass is 10.1. The molecule has 0 radical (unpaired) electrons. The lowest BCUT2D eigenvalue weighted by Crippen LogP contribution is -2.41. The first-order valence-corrected chi connectivity index (χ1v) is 6.96. The quantitative estimate of drug-likeness (QED) is 0.822. The summed E-state index contributed by atoms with van der Waals surface area (Å²) in [6, 6.07) is 8.39. The fourth-order valence-electron chi connectivity index (χ4n) is 1.66. The molecule has 0 unspecified atom stereocenters. The van der Waals surface area contributed by atoms with E-state index in [1.54, 1.807) is 6.92 Å². The molecule has 0 saturated carbocycles. The van der Waals surface area contributed by atoms with Crippen molar-refractivity contribution in [3.8, 4) is 0 Å². The molecule has 22 heavy (non-hydrogen) atoms. The number of hydrogen-bond acceptors (Lipinski definition) is 2. The number of carbonyl (C=O) groups excluding carboxylic acids is 2. The number of rotatable bonds is 2. The largest absolute Gasteiger partial charge is 0.271 e. The fraction of sp³-hybridized carbons (Fsp3) is 0.0667. The zero-order chi connectivity index (χ0) is 16.3. The zero-order valence-electron chi connectivity index (χ0n) is 11.4. The molecule has 0 aliphatic heterocycles. The van der Waals surface area contributed by atoms with Crippen molar-refractivity contribution in [2.75, 3.05) is 0 Å². The van der Waals surface area contributed by atoms with E-state index in [0.717, 1.165) is 6.07 Å². The first kappa shape index (κ1) is 16.3. The van der Waals surface area contributed by atoms with E-state index in [0.29, 0.717) is 10.6 Å². The highest BCUT2D eigenvalue weighted by molar-refractivity contribution is 6.35. The van der Waals surface area contributed by atoms with Crippen LogP contribution in [0.15, 0.2) is 36.4 Å². The maximum absolute atomic E-state index is 13.4. The van der Waals surface area contributed by atoms with Gasteiger partial charge in [-0.15, -0.1) is 0 Å². The van der Waals surface area contributed by atoms with Crippen molar-refractivity contribution in [1.29, 1.82) is 0 Å². The summed E-state index contributed by atoms with van der Waals surface area (Å²) in [6.07, 6.45) is 0. The van der Waals surface area contributed by atoms with Crippen molar-refractivity contribution < 1.29 is 14.0 Å². The Bertz CT molecular complexity index is 750. The summed E-state index contributed by atoms with van der Waals surface area (Å²) < 4.78 is 13.4. The summed E-state index contributed by atoms with van der Waals surface area (Å²) in [4.78, 5) is 23.8. The Morgan fingerprint density at radius 3 is 2.36 bits per heavy atom. The number of halogens is 3. The lowest BCUT2D eigenvalue weighted by Gasteiger charge is -2.09. The molecule has 0 saturated heterocycles.